The molecule has 1 N–H and O–H groups in total. The Morgan fingerprint density at radius 2 is 1.67 bits per heavy atom. The van der Waals surface area contributed by atoms with Gasteiger partial charge in [-0.05, 0) is 60.5 Å². The summed E-state index contributed by atoms with van der Waals surface area (Å²) in [4.78, 5) is 29.2. The molecule has 0 unspecified atom stereocenters. The van der Waals surface area contributed by atoms with Gasteiger partial charge in [-0.25, -0.2) is 9.78 Å². The molecule has 1 aromatic heterocycles. The van der Waals surface area contributed by atoms with E-state index in [9.17, 15) is 9.59 Å². The second-order valence-corrected chi connectivity index (χ2v) is 8.61. The van der Waals surface area contributed by atoms with E-state index in [0.29, 0.717) is 40.4 Å². The fraction of sp³-hybridized carbons (Fsp3) is 0.0968. The van der Waals surface area contributed by atoms with Crippen LogP contribution >= 0.6 is 0 Å². The van der Waals surface area contributed by atoms with Crippen molar-refractivity contribution in [2.75, 3.05) is 6.61 Å². The van der Waals surface area contributed by atoms with Crippen LogP contribution in [0.5, 0.6) is 11.5 Å². The molecule has 0 aliphatic heterocycles. The lowest BCUT2D eigenvalue weighted by Gasteiger charge is -2.13. The maximum absolute atomic E-state index is 13.4. The van der Waals surface area contributed by atoms with Crippen LogP contribution in [0, 0.1) is 0 Å². The average molecular weight is 520 g/mol. The van der Waals surface area contributed by atoms with E-state index in [4.69, 9.17) is 19.6 Å². The van der Waals surface area contributed by atoms with E-state index in [1.54, 1.807) is 42.6 Å². The minimum Gasteiger partial charge on any atom is -0.490 e. The number of hydrogen-bond acceptors (Lipinski definition) is 6. The Hall–Kier alpha value is -5.24. The summed E-state index contributed by atoms with van der Waals surface area (Å²) in [5, 5.41) is 14.1. The molecule has 0 atom stereocenters. The second-order valence-electron chi connectivity index (χ2n) is 8.61. The predicted octanol–water partition coefficient (Wildman–Crippen LogP) is 5.62. The van der Waals surface area contributed by atoms with Gasteiger partial charge in [-0.3, -0.25) is 4.79 Å². The quantitative estimate of drug-likeness (QED) is 0.254. The van der Waals surface area contributed by atoms with E-state index in [2.05, 4.69) is 5.10 Å². The molecule has 0 bridgehead atoms. The van der Waals surface area contributed by atoms with Crippen LogP contribution in [0.25, 0.3) is 22.3 Å². The summed E-state index contributed by atoms with van der Waals surface area (Å²) in [5.41, 5.74) is 2.85. The number of hydrogen-bond donors (Lipinski definition) is 1. The van der Waals surface area contributed by atoms with E-state index < -0.39 is 5.97 Å². The van der Waals surface area contributed by atoms with Crippen molar-refractivity contribution in [3.8, 4) is 22.9 Å². The highest BCUT2D eigenvalue weighted by molar-refractivity contribution is 5.87. The van der Waals surface area contributed by atoms with Crippen LogP contribution in [-0.4, -0.2) is 33.6 Å². The zero-order valence-corrected chi connectivity index (χ0v) is 21.2. The Bertz CT molecular complexity index is 1710. The van der Waals surface area contributed by atoms with E-state index in [1.807, 2.05) is 55.5 Å². The number of ether oxygens (including phenoxy) is 2. The number of para-hydroxylation sites is 1. The Labute approximate surface area is 224 Å². The number of fused-ring (bicyclic) bond motifs is 1. The molecule has 0 aliphatic rings. The summed E-state index contributed by atoms with van der Waals surface area (Å²) in [6.07, 6.45) is 1.58. The Balaban J connectivity index is 1.45. The van der Waals surface area contributed by atoms with E-state index in [1.165, 1.54) is 16.8 Å². The first-order chi connectivity index (χ1) is 19.0. The van der Waals surface area contributed by atoms with Crippen molar-refractivity contribution in [2.45, 2.75) is 13.5 Å². The summed E-state index contributed by atoms with van der Waals surface area (Å²) < 4.78 is 13.1. The molecule has 194 valence electrons. The molecule has 0 fully saturated rings. The second kappa shape index (κ2) is 11.4. The van der Waals surface area contributed by atoms with Crippen LogP contribution in [0.4, 0.5) is 0 Å². The number of carbonyl (C=O) groups is 1. The molecule has 0 saturated heterocycles. The highest BCUT2D eigenvalue weighted by Crippen LogP contribution is 2.29. The van der Waals surface area contributed by atoms with Gasteiger partial charge in [0.1, 0.15) is 6.61 Å². The molecule has 5 aromatic rings. The molecule has 0 aliphatic carbocycles. The zero-order valence-electron chi connectivity index (χ0n) is 21.2. The smallest absolute Gasteiger partial charge is 0.335 e. The van der Waals surface area contributed by atoms with Gasteiger partial charge in [-0.1, -0.05) is 54.6 Å². The molecule has 1 heterocycles. The van der Waals surface area contributed by atoms with Crippen molar-refractivity contribution in [1.29, 1.82) is 0 Å². The van der Waals surface area contributed by atoms with Gasteiger partial charge in [0.05, 0.1) is 29.3 Å². The zero-order chi connectivity index (χ0) is 27.2. The molecule has 8 heteroatoms. The lowest BCUT2D eigenvalue weighted by molar-refractivity contribution is 0.0697. The number of nitrogens with zero attached hydrogens (tertiary/aromatic N) is 3. The molecule has 0 saturated carbocycles. The maximum Gasteiger partial charge on any atom is 0.335 e. The average Bonchev–Trinajstić information content (AvgIpc) is 2.97. The monoisotopic (exact) mass is 519 g/mol. The summed E-state index contributed by atoms with van der Waals surface area (Å²) in [7, 11) is 0. The topological polar surface area (TPSA) is 103 Å². The minimum absolute atomic E-state index is 0.216. The van der Waals surface area contributed by atoms with Gasteiger partial charge < -0.3 is 14.6 Å². The fourth-order valence-corrected chi connectivity index (χ4v) is 4.03. The van der Waals surface area contributed by atoms with E-state index in [-0.39, 0.29) is 17.7 Å². The van der Waals surface area contributed by atoms with Crippen molar-refractivity contribution < 1.29 is 19.4 Å². The fourth-order valence-electron chi connectivity index (χ4n) is 4.03. The summed E-state index contributed by atoms with van der Waals surface area (Å²) >= 11 is 0. The van der Waals surface area contributed by atoms with Gasteiger partial charge >= 0.3 is 5.97 Å². The van der Waals surface area contributed by atoms with Gasteiger partial charge in [0.25, 0.3) is 5.56 Å². The van der Waals surface area contributed by atoms with Crippen LogP contribution in [0.15, 0.2) is 107 Å². The molecular formula is C31H25N3O5. The van der Waals surface area contributed by atoms with Gasteiger partial charge in [0, 0.05) is 5.56 Å². The number of carboxylic acid groups (broad SMARTS) is 1. The van der Waals surface area contributed by atoms with Crippen LogP contribution in [0.2, 0.25) is 0 Å². The van der Waals surface area contributed by atoms with E-state index in [0.717, 1.165) is 11.1 Å². The molecular weight excluding hydrogens is 494 g/mol. The van der Waals surface area contributed by atoms with Gasteiger partial charge in [0.15, 0.2) is 17.3 Å². The first kappa shape index (κ1) is 25.4. The SMILES string of the molecule is CCOc1cc(C=Nn2c(-c3ccccc3)nc3ccccc3c2=O)ccc1OCc1ccc(C(=O)O)cc1. The van der Waals surface area contributed by atoms with Crippen molar-refractivity contribution >= 4 is 23.1 Å². The van der Waals surface area contributed by atoms with Crippen molar-refractivity contribution in [1.82, 2.24) is 9.66 Å². The predicted molar refractivity (Wildman–Crippen MR) is 150 cm³/mol. The van der Waals surface area contributed by atoms with Crippen LogP contribution in [-0.2, 0) is 6.61 Å². The summed E-state index contributed by atoms with van der Waals surface area (Å²) in [6.45, 7) is 2.55. The molecule has 0 amide bonds. The first-order valence-electron chi connectivity index (χ1n) is 12.4. The molecule has 5 rings (SSSR count). The first-order valence-corrected chi connectivity index (χ1v) is 12.4. The highest BCUT2D eigenvalue weighted by Gasteiger charge is 2.13. The Morgan fingerprint density at radius 1 is 0.923 bits per heavy atom. The number of benzene rings is 4. The third-order valence-corrected chi connectivity index (χ3v) is 5.97. The summed E-state index contributed by atoms with van der Waals surface area (Å²) in [5.74, 6) is 0.520. The molecule has 0 spiro atoms. The van der Waals surface area contributed by atoms with Crippen LogP contribution in [0.1, 0.15) is 28.4 Å². The van der Waals surface area contributed by atoms with Crippen LogP contribution in [0.3, 0.4) is 0 Å². The lowest BCUT2D eigenvalue weighted by atomic mass is 10.1. The lowest BCUT2D eigenvalue weighted by Crippen LogP contribution is -2.20. The number of rotatable bonds is 9. The normalized spacial score (nSPS) is 11.1. The molecule has 4 aromatic carbocycles. The largest absolute Gasteiger partial charge is 0.490 e. The van der Waals surface area contributed by atoms with Crippen molar-refractivity contribution in [3.63, 3.8) is 0 Å². The third kappa shape index (κ3) is 5.70. The van der Waals surface area contributed by atoms with Gasteiger partial charge in [-0.15, -0.1) is 0 Å². The number of aromatic carboxylic acids is 1. The molecule has 0 radical (unpaired) electrons. The Morgan fingerprint density at radius 3 is 2.41 bits per heavy atom. The molecule has 8 nitrogen and oxygen atoms in total. The Kier molecular flexibility index (Phi) is 7.45. The van der Waals surface area contributed by atoms with Crippen molar-refractivity contribution in [2.24, 2.45) is 5.10 Å². The standard InChI is InChI=1S/C31H25N3O5/c1-2-38-28-18-22(14-17-27(28)39-20-21-12-15-24(16-13-21)31(36)37)19-32-34-29(23-8-4-3-5-9-23)33-26-11-7-6-10-25(26)30(34)35/h3-19H,2,20H2,1H3,(H,36,37). The number of carboxylic acids is 1. The highest BCUT2D eigenvalue weighted by atomic mass is 16.5. The van der Waals surface area contributed by atoms with Gasteiger partial charge in [0.2, 0.25) is 0 Å². The van der Waals surface area contributed by atoms with E-state index >= 15 is 0 Å². The van der Waals surface area contributed by atoms with Gasteiger partial charge in [-0.2, -0.15) is 9.78 Å². The third-order valence-electron chi connectivity index (χ3n) is 5.97. The summed E-state index contributed by atoms with van der Waals surface area (Å²) in [6, 6.07) is 28.5. The van der Waals surface area contributed by atoms with Crippen molar-refractivity contribution in [3.05, 3.63) is 124 Å². The maximum atomic E-state index is 13.4. The number of aromatic nitrogens is 2. The molecule has 39 heavy (non-hydrogen) atoms. The minimum atomic E-state index is -0.976. The van der Waals surface area contributed by atoms with Crippen LogP contribution < -0.4 is 15.0 Å².